The van der Waals surface area contributed by atoms with Crippen LogP contribution in [0.25, 0.3) is 0 Å². The molecule has 0 saturated heterocycles. The summed E-state index contributed by atoms with van der Waals surface area (Å²) in [5.74, 6) is 0.201. The van der Waals surface area contributed by atoms with Gasteiger partial charge in [-0.15, -0.1) is 0 Å². The average Bonchev–Trinajstić information content (AvgIpc) is 2.41. The Labute approximate surface area is 129 Å². The van der Waals surface area contributed by atoms with E-state index >= 15 is 0 Å². The lowest BCUT2D eigenvalue weighted by atomic mass is 10.1. The van der Waals surface area contributed by atoms with Crippen LogP contribution in [0.1, 0.15) is 24.1 Å². The molecule has 1 atom stereocenters. The van der Waals surface area contributed by atoms with Gasteiger partial charge in [-0.25, -0.2) is 0 Å². The molecule has 19 heavy (non-hydrogen) atoms. The zero-order valence-electron chi connectivity index (χ0n) is 10.3. The molecule has 2 aromatic rings. The van der Waals surface area contributed by atoms with Crippen molar-refractivity contribution in [2.24, 2.45) is 4.99 Å². The molecule has 0 fully saturated rings. The lowest BCUT2D eigenvalue weighted by Crippen LogP contribution is -1.91. The number of hydrogen-bond acceptors (Lipinski definition) is 2. The van der Waals surface area contributed by atoms with E-state index in [9.17, 15) is 5.11 Å². The number of phenolic OH excluding ortho intramolecular Hbond substituents is 1. The van der Waals surface area contributed by atoms with Gasteiger partial charge in [0.25, 0.3) is 0 Å². The van der Waals surface area contributed by atoms with Crippen LogP contribution in [-0.4, -0.2) is 11.3 Å². The standard InChI is InChI=1S/C15H13Br2NO/c1-10(11-5-3-2-4-6-11)18-9-12-7-13(16)8-14(17)15(12)19/h2-10,19H,1H3/t10-/m0/s1. The molecule has 98 valence electrons. The second-order valence-electron chi connectivity index (χ2n) is 4.19. The van der Waals surface area contributed by atoms with Gasteiger partial charge in [-0.3, -0.25) is 4.99 Å². The number of aromatic hydroxyl groups is 1. The molecule has 0 aromatic heterocycles. The predicted octanol–water partition coefficient (Wildman–Crippen LogP) is 5.10. The van der Waals surface area contributed by atoms with Crippen LogP contribution in [0.15, 0.2) is 56.4 Å². The molecule has 0 aliphatic rings. The molecule has 0 aliphatic carbocycles. The highest BCUT2D eigenvalue weighted by Crippen LogP contribution is 2.31. The fraction of sp³-hybridized carbons (Fsp3) is 0.133. The van der Waals surface area contributed by atoms with E-state index in [0.29, 0.717) is 10.0 Å². The maximum atomic E-state index is 9.95. The molecule has 0 amide bonds. The van der Waals surface area contributed by atoms with E-state index < -0.39 is 0 Å². The zero-order valence-corrected chi connectivity index (χ0v) is 13.5. The molecular formula is C15H13Br2NO. The Hall–Kier alpha value is -1.13. The maximum Gasteiger partial charge on any atom is 0.138 e. The Morgan fingerprint density at radius 2 is 1.84 bits per heavy atom. The van der Waals surface area contributed by atoms with Gasteiger partial charge in [0.1, 0.15) is 5.75 Å². The van der Waals surface area contributed by atoms with E-state index in [1.807, 2.05) is 43.3 Å². The van der Waals surface area contributed by atoms with E-state index in [2.05, 4.69) is 36.9 Å². The van der Waals surface area contributed by atoms with Gasteiger partial charge in [-0.2, -0.15) is 0 Å². The van der Waals surface area contributed by atoms with Crippen LogP contribution in [-0.2, 0) is 0 Å². The van der Waals surface area contributed by atoms with E-state index in [-0.39, 0.29) is 11.8 Å². The minimum atomic E-state index is 0.0540. The zero-order chi connectivity index (χ0) is 13.8. The van der Waals surface area contributed by atoms with Crippen LogP contribution < -0.4 is 0 Å². The highest BCUT2D eigenvalue weighted by atomic mass is 79.9. The molecule has 0 bridgehead atoms. The van der Waals surface area contributed by atoms with Crippen molar-refractivity contribution in [3.05, 3.63) is 62.5 Å². The number of nitrogens with zero attached hydrogens (tertiary/aromatic N) is 1. The minimum absolute atomic E-state index is 0.0540. The molecule has 4 heteroatoms. The van der Waals surface area contributed by atoms with E-state index in [4.69, 9.17) is 0 Å². The largest absolute Gasteiger partial charge is 0.506 e. The van der Waals surface area contributed by atoms with Crippen molar-refractivity contribution >= 4 is 38.1 Å². The second kappa shape index (κ2) is 6.35. The molecule has 2 rings (SSSR count). The van der Waals surface area contributed by atoms with Crippen LogP contribution in [0.2, 0.25) is 0 Å². The van der Waals surface area contributed by atoms with Gasteiger partial charge < -0.3 is 5.11 Å². The third kappa shape index (κ3) is 3.67. The molecule has 0 aliphatic heterocycles. The third-order valence-corrected chi connectivity index (χ3v) is 3.84. The quantitative estimate of drug-likeness (QED) is 0.736. The van der Waals surface area contributed by atoms with Gasteiger partial charge >= 0.3 is 0 Å². The summed E-state index contributed by atoms with van der Waals surface area (Å²) in [5.41, 5.74) is 1.83. The number of hydrogen-bond donors (Lipinski definition) is 1. The van der Waals surface area contributed by atoms with Crippen LogP contribution in [0, 0.1) is 0 Å². The van der Waals surface area contributed by atoms with Gasteiger partial charge in [-0.1, -0.05) is 46.3 Å². The summed E-state index contributed by atoms with van der Waals surface area (Å²) in [5, 5.41) is 9.95. The van der Waals surface area contributed by atoms with E-state index in [1.54, 1.807) is 12.3 Å². The molecular weight excluding hydrogens is 370 g/mol. The Morgan fingerprint density at radius 3 is 2.53 bits per heavy atom. The fourth-order valence-corrected chi connectivity index (χ4v) is 2.95. The van der Waals surface area contributed by atoms with Crippen molar-refractivity contribution in [3.8, 4) is 5.75 Å². The third-order valence-electron chi connectivity index (χ3n) is 2.78. The highest BCUT2D eigenvalue weighted by molar-refractivity contribution is 9.11. The predicted molar refractivity (Wildman–Crippen MR) is 86.0 cm³/mol. The van der Waals surface area contributed by atoms with Gasteiger partial charge in [0.15, 0.2) is 0 Å². The summed E-state index contributed by atoms with van der Waals surface area (Å²) in [7, 11) is 0. The molecule has 2 nitrogen and oxygen atoms in total. The van der Waals surface area contributed by atoms with Crippen molar-refractivity contribution in [2.75, 3.05) is 0 Å². The van der Waals surface area contributed by atoms with Crippen LogP contribution in [0.5, 0.6) is 5.75 Å². The first-order chi connectivity index (χ1) is 9.08. The summed E-state index contributed by atoms with van der Waals surface area (Å²) in [4.78, 5) is 4.48. The highest BCUT2D eigenvalue weighted by Gasteiger charge is 2.06. The van der Waals surface area contributed by atoms with Crippen LogP contribution in [0.4, 0.5) is 0 Å². The fourth-order valence-electron chi connectivity index (χ4n) is 1.69. The first kappa shape index (κ1) is 14.3. The van der Waals surface area contributed by atoms with Crippen molar-refractivity contribution in [1.29, 1.82) is 0 Å². The Bertz CT molecular complexity index is 597. The first-order valence-electron chi connectivity index (χ1n) is 5.84. The molecule has 0 radical (unpaired) electrons. The van der Waals surface area contributed by atoms with Crippen molar-refractivity contribution in [3.63, 3.8) is 0 Å². The number of phenols is 1. The SMILES string of the molecule is C[C@H](N=Cc1cc(Br)cc(Br)c1O)c1ccccc1. The minimum Gasteiger partial charge on any atom is -0.506 e. The van der Waals surface area contributed by atoms with Crippen molar-refractivity contribution in [2.45, 2.75) is 13.0 Å². The molecule has 0 heterocycles. The molecule has 1 N–H and O–H groups in total. The topological polar surface area (TPSA) is 32.6 Å². The first-order valence-corrected chi connectivity index (χ1v) is 7.42. The van der Waals surface area contributed by atoms with Gasteiger partial charge in [0.2, 0.25) is 0 Å². The molecule has 0 saturated carbocycles. The van der Waals surface area contributed by atoms with Crippen LogP contribution in [0.3, 0.4) is 0 Å². The van der Waals surface area contributed by atoms with Crippen molar-refractivity contribution < 1.29 is 5.11 Å². The monoisotopic (exact) mass is 381 g/mol. The Balaban J connectivity index is 2.24. The summed E-state index contributed by atoms with van der Waals surface area (Å²) >= 11 is 6.70. The molecule has 0 unspecified atom stereocenters. The lowest BCUT2D eigenvalue weighted by Gasteiger charge is -2.07. The van der Waals surface area contributed by atoms with E-state index in [1.165, 1.54) is 0 Å². The Morgan fingerprint density at radius 1 is 1.16 bits per heavy atom. The number of benzene rings is 2. The summed E-state index contributed by atoms with van der Waals surface area (Å²) in [6, 6.07) is 13.7. The van der Waals surface area contributed by atoms with Crippen molar-refractivity contribution in [1.82, 2.24) is 0 Å². The van der Waals surface area contributed by atoms with Gasteiger partial charge in [0, 0.05) is 16.3 Å². The second-order valence-corrected chi connectivity index (χ2v) is 5.96. The normalized spacial score (nSPS) is 12.8. The Kier molecular flexibility index (Phi) is 4.77. The smallest absolute Gasteiger partial charge is 0.138 e. The molecule has 2 aromatic carbocycles. The number of aliphatic imine (C=N–C) groups is 1. The number of rotatable bonds is 3. The van der Waals surface area contributed by atoms with Crippen LogP contribution >= 0.6 is 31.9 Å². The summed E-state index contributed by atoms with van der Waals surface area (Å²) in [6.07, 6.45) is 1.70. The van der Waals surface area contributed by atoms with E-state index in [0.717, 1.165) is 10.0 Å². The summed E-state index contributed by atoms with van der Waals surface area (Å²) < 4.78 is 1.54. The number of halogens is 2. The lowest BCUT2D eigenvalue weighted by molar-refractivity contribution is 0.471. The van der Waals surface area contributed by atoms with Gasteiger partial charge in [0.05, 0.1) is 10.5 Å². The van der Waals surface area contributed by atoms with Gasteiger partial charge in [-0.05, 0) is 40.5 Å². The maximum absolute atomic E-state index is 9.95. The molecule has 0 spiro atoms. The average molecular weight is 383 g/mol. The summed E-state index contributed by atoms with van der Waals surface area (Å²) in [6.45, 7) is 2.02.